The summed E-state index contributed by atoms with van der Waals surface area (Å²) in [5, 5.41) is 0. The first-order chi connectivity index (χ1) is 28.5. The van der Waals surface area contributed by atoms with E-state index in [0.717, 1.165) is 0 Å². The Morgan fingerprint density at radius 1 is 0.283 bits per heavy atom. The smallest absolute Gasteiger partial charge is 0.140 e. The van der Waals surface area contributed by atoms with Crippen LogP contribution in [0.5, 0.6) is 0 Å². The lowest BCUT2D eigenvalue weighted by Crippen LogP contribution is -2.56. The fourth-order valence-corrected chi connectivity index (χ4v) is 14.9. The van der Waals surface area contributed by atoms with Crippen LogP contribution in [0.4, 0.5) is 0 Å². The minimum atomic E-state index is 0.0934. The predicted octanol–water partition coefficient (Wildman–Crippen LogP) is 12.3. The minimum Gasteiger partial charge on any atom is -0.140 e. The summed E-state index contributed by atoms with van der Waals surface area (Å²) in [4.78, 5) is 10.9. The van der Waals surface area contributed by atoms with Crippen molar-refractivity contribution in [3.8, 4) is 29.3 Å². The molecular formula is C54H56B2S4. The van der Waals surface area contributed by atoms with Gasteiger partial charge in [0.2, 0.25) is 13.4 Å². The second-order valence-corrected chi connectivity index (χ2v) is 22.4. The Labute approximate surface area is 376 Å². The van der Waals surface area contributed by atoms with Crippen LogP contribution in [0.2, 0.25) is 0 Å². The van der Waals surface area contributed by atoms with Gasteiger partial charge >= 0.3 is 0 Å². The Morgan fingerprint density at radius 2 is 0.533 bits per heavy atom. The highest BCUT2D eigenvalue weighted by molar-refractivity contribution is 7.30. The quantitative estimate of drug-likeness (QED) is 0.127. The fraction of sp³-hybridized carbons (Fsp3) is 0.259. The summed E-state index contributed by atoms with van der Waals surface area (Å²) < 4.78 is 0. The molecule has 0 bridgehead atoms. The summed E-state index contributed by atoms with van der Waals surface area (Å²) in [7, 11) is 0. The highest BCUT2D eigenvalue weighted by atomic mass is 32.1. The van der Waals surface area contributed by atoms with Gasteiger partial charge in [0.1, 0.15) is 0 Å². The van der Waals surface area contributed by atoms with Gasteiger partial charge in [0.25, 0.3) is 0 Å². The fourth-order valence-electron chi connectivity index (χ4n) is 10.5. The van der Waals surface area contributed by atoms with Crippen molar-refractivity contribution in [3.05, 3.63) is 161 Å². The van der Waals surface area contributed by atoms with Gasteiger partial charge in [-0.3, -0.25) is 0 Å². The highest BCUT2D eigenvalue weighted by Crippen LogP contribution is 2.42. The molecule has 0 saturated carbocycles. The molecule has 0 spiro atoms. The first-order valence-electron chi connectivity index (χ1n) is 21.2. The normalized spacial score (nSPS) is 11.5. The molecule has 8 aromatic rings. The van der Waals surface area contributed by atoms with Gasteiger partial charge in [0.15, 0.2) is 0 Å². The first-order valence-corrected chi connectivity index (χ1v) is 24.5. The monoisotopic (exact) mass is 854 g/mol. The van der Waals surface area contributed by atoms with E-state index in [1.807, 2.05) is 45.3 Å². The summed E-state index contributed by atoms with van der Waals surface area (Å²) in [6, 6.07) is 33.6. The van der Waals surface area contributed by atoms with E-state index in [-0.39, 0.29) is 13.4 Å². The van der Waals surface area contributed by atoms with Crippen molar-refractivity contribution >= 4 is 91.5 Å². The van der Waals surface area contributed by atoms with Crippen LogP contribution in [0, 0.1) is 96.9 Å². The maximum Gasteiger partial charge on any atom is 0.244 e. The molecule has 8 rings (SSSR count). The zero-order valence-corrected chi connectivity index (χ0v) is 41.1. The van der Waals surface area contributed by atoms with Crippen LogP contribution in [-0.2, 0) is 0 Å². The van der Waals surface area contributed by atoms with Crippen LogP contribution in [0.25, 0.3) is 29.3 Å². The van der Waals surface area contributed by atoms with Gasteiger partial charge in [-0.2, -0.15) is 0 Å². The second kappa shape index (κ2) is 16.6. The van der Waals surface area contributed by atoms with Gasteiger partial charge in [0.05, 0.1) is 0 Å². The highest BCUT2D eigenvalue weighted by Gasteiger charge is 2.35. The number of rotatable bonds is 9. The van der Waals surface area contributed by atoms with Crippen molar-refractivity contribution in [2.75, 3.05) is 0 Å². The molecule has 0 amide bonds. The largest absolute Gasteiger partial charge is 0.244 e. The molecule has 6 heteroatoms. The Balaban J connectivity index is 1.45. The summed E-state index contributed by atoms with van der Waals surface area (Å²) in [6.07, 6.45) is 0. The predicted molar refractivity (Wildman–Crippen MR) is 276 cm³/mol. The third-order valence-electron chi connectivity index (χ3n) is 12.4. The van der Waals surface area contributed by atoms with Crippen molar-refractivity contribution in [3.63, 3.8) is 0 Å². The maximum atomic E-state index is 2.59. The standard InChI is InChI=1S/C54H56B2S4/c1-29-19-33(5)49(34(6)20-29)55(50-35(7)21-30(2)22-36(50)8)43-27-47(59-53(43)45-17-15-41(13)57-45)48-28-44(54(60-48)46-18-16-42(14)58-46)56(51-37(9)23-31(3)24-38(51)10)52-39(11)25-32(4)26-40(52)12/h15-28H,1-14H3. The van der Waals surface area contributed by atoms with Gasteiger partial charge in [0, 0.05) is 39.0 Å². The van der Waals surface area contributed by atoms with Crippen LogP contribution < -0.4 is 32.8 Å². The lowest BCUT2D eigenvalue weighted by atomic mass is 9.34. The van der Waals surface area contributed by atoms with Gasteiger partial charge in [-0.15, -0.1) is 45.3 Å². The molecule has 0 nitrogen and oxygen atoms in total. The number of thiophene rings is 4. The van der Waals surface area contributed by atoms with Gasteiger partial charge in [-0.1, -0.05) is 137 Å². The van der Waals surface area contributed by atoms with E-state index < -0.39 is 0 Å². The molecule has 0 aliphatic heterocycles. The lowest BCUT2D eigenvalue weighted by molar-refractivity contribution is 1.34. The van der Waals surface area contributed by atoms with Crippen LogP contribution in [0.1, 0.15) is 76.5 Å². The number of hydrogen-bond donors (Lipinski definition) is 0. The van der Waals surface area contributed by atoms with Gasteiger partial charge in [-0.25, -0.2) is 0 Å². The lowest BCUT2D eigenvalue weighted by Gasteiger charge is -2.24. The Bertz CT molecular complexity index is 2540. The molecular weight excluding hydrogens is 798 g/mol. The molecule has 4 heterocycles. The minimum absolute atomic E-state index is 0.0934. The first kappa shape index (κ1) is 42.5. The van der Waals surface area contributed by atoms with E-state index in [4.69, 9.17) is 0 Å². The molecule has 0 aliphatic rings. The van der Waals surface area contributed by atoms with Crippen molar-refractivity contribution in [2.24, 2.45) is 0 Å². The summed E-state index contributed by atoms with van der Waals surface area (Å²) in [5.74, 6) is 0. The van der Waals surface area contributed by atoms with Crippen LogP contribution in [-0.4, -0.2) is 13.4 Å². The molecule has 4 aromatic carbocycles. The van der Waals surface area contributed by atoms with Crippen molar-refractivity contribution in [1.29, 1.82) is 0 Å². The van der Waals surface area contributed by atoms with E-state index in [1.54, 1.807) is 0 Å². The average molecular weight is 855 g/mol. The maximum absolute atomic E-state index is 2.59. The third-order valence-corrected chi connectivity index (χ3v) is 17.3. The summed E-state index contributed by atoms with van der Waals surface area (Å²) in [6.45, 7) is 32.2. The van der Waals surface area contributed by atoms with Crippen molar-refractivity contribution in [1.82, 2.24) is 0 Å². The topological polar surface area (TPSA) is 0 Å². The Kier molecular flexibility index (Phi) is 11.8. The average Bonchev–Trinajstić information content (AvgIpc) is 3.95. The molecule has 0 saturated heterocycles. The van der Waals surface area contributed by atoms with Crippen LogP contribution >= 0.6 is 45.3 Å². The molecule has 4 aromatic heterocycles. The molecule has 0 aliphatic carbocycles. The van der Waals surface area contributed by atoms with Crippen LogP contribution in [0.3, 0.4) is 0 Å². The molecule has 0 atom stereocenters. The van der Waals surface area contributed by atoms with Gasteiger partial charge in [-0.05, 0) is 144 Å². The molecule has 0 radical (unpaired) electrons. The molecule has 60 heavy (non-hydrogen) atoms. The summed E-state index contributed by atoms with van der Waals surface area (Å²) in [5.41, 5.74) is 24.8. The molecule has 0 fully saturated rings. The zero-order valence-electron chi connectivity index (χ0n) is 37.9. The molecule has 0 unspecified atom stereocenters. The molecule has 302 valence electrons. The number of benzene rings is 4. The van der Waals surface area contributed by atoms with E-state index in [2.05, 4.69) is 182 Å². The van der Waals surface area contributed by atoms with E-state index in [0.29, 0.717) is 0 Å². The zero-order chi connectivity index (χ0) is 42.9. The SMILES string of the molecule is Cc1cc(C)c(B(c2cc(-c3cc(B(c4c(C)cc(C)cc4C)c4c(C)cc(C)cc4C)c(-c4ccc(C)s4)s3)sc2-c2ccc(C)s2)c2c(C)cc(C)cc2C)c(C)c1. The van der Waals surface area contributed by atoms with Crippen molar-refractivity contribution in [2.45, 2.75) is 96.9 Å². The van der Waals surface area contributed by atoms with Crippen molar-refractivity contribution < 1.29 is 0 Å². The number of hydrogen-bond acceptors (Lipinski definition) is 4. The van der Waals surface area contributed by atoms with E-state index in [9.17, 15) is 0 Å². The molecule has 0 N–H and O–H groups in total. The Morgan fingerprint density at radius 3 is 0.750 bits per heavy atom. The second-order valence-electron chi connectivity index (χ2n) is 17.7. The number of aryl methyl sites for hydroxylation is 14. The Hall–Kier alpha value is -4.19. The van der Waals surface area contributed by atoms with E-state index >= 15 is 0 Å². The van der Waals surface area contributed by atoms with Crippen LogP contribution in [0.15, 0.2) is 84.9 Å². The van der Waals surface area contributed by atoms with E-state index in [1.165, 1.54) is 139 Å². The summed E-state index contributed by atoms with van der Waals surface area (Å²) >= 11 is 7.84. The van der Waals surface area contributed by atoms with Gasteiger partial charge < -0.3 is 0 Å². The third kappa shape index (κ3) is 7.90.